The number of likely N-dealkylation sites (tertiary alicyclic amines) is 1. The van der Waals surface area contributed by atoms with E-state index in [-0.39, 0.29) is 11.3 Å². The van der Waals surface area contributed by atoms with Crippen LogP contribution in [0.3, 0.4) is 0 Å². The van der Waals surface area contributed by atoms with Gasteiger partial charge in [0.05, 0.1) is 0 Å². The molecule has 0 aromatic carbocycles. The number of pyridine rings is 1. The minimum absolute atomic E-state index is 0.0587. The molecule has 0 radical (unpaired) electrons. The van der Waals surface area contributed by atoms with Crippen LogP contribution in [0.5, 0.6) is 0 Å². The summed E-state index contributed by atoms with van der Waals surface area (Å²) in [6.07, 6.45) is 7.61. The first-order chi connectivity index (χ1) is 14.1. The Morgan fingerprint density at radius 1 is 1.24 bits per heavy atom. The molecular weight excluding hydrogens is 370 g/mol. The van der Waals surface area contributed by atoms with Gasteiger partial charge in [0.1, 0.15) is 5.69 Å². The summed E-state index contributed by atoms with van der Waals surface area (Å²) >= 11 is 0. The van der Waals surface area contributed by atoms with E-state index in [2.05, 4.69) is 10.1 Å². The van der Waals surface area contributed by atoms with E-state index in [4.69, 9.17) is 14.2 Å². The maximum absolute atomic E-state index is 12.9. The molecule has 8 heteroatoms. The topological polar surface area (TPSA) is 86.3 Å². The van der Waals surface area contributed by atoms with Gasteiger partial charge in [-0.05, 0) is 43.5 Å². The number of aromatic nitrogens is 4. The summed E-state index contributed by atoms with van der Waals surface area (Å²) in [4.78, 5) is 23.5. The standard InChI is InChI=1S/C21H25N5O3/c1-25-12-3-4-17(25)19(27)26-13-7-21(8-14-26,9-15-28-2)20-23-18(29-24-20)16-5-10-22-11-6-16/h3-6,10-12H,7-9,13-15H2,1-2H3. The lowest BCUT2D eigenvalue weighted by Crippen LogP contribution is -2.46. The predicted octanol–water partition coefficient (Wildman–Crippen LogP) is 2.68. The molecule has 0 spiro atoms. The second-order valence-corrected chi connectivity index (χ2v) is 7.48. The quantitative estimate of drug-likeness (QED) is 0.638. The fourth-order valence-corrected chi connectivity index (χ4v) is 3.92. The van der Waals surface area contributed by atoms with E-state index in [1.807, 2.05) is 47.0 Å². The van der Waals surface area contributed by atoms with Crippen molar-refractivity contribution in [3.8, 4) is 11.5 Å². The summed E-state index contributed by atoms with van der Waals surface area (Å²) in [6.45, 7) is 1.89. The van der Waals surface area contributed by atoms with E-state index >= 15 is 0 Å². The van der Waals surface area contributed by atoms with E-state index in [0.717, 1.165) is 24.8 Å². The van der Waals surface area contributed by atoms with E-state index in [9.17, 15) is 4.79 Å². The zero-order valence-corrected chi connectivity index (χ0v) is 16.7. The molecule has 152 valence electrons. The lowest BCUT2D eigenvalue weighted by Gasteiger charge is -2.39. The maximum Gasteiger partial charge on any atom is 0.270 e. The van der Waals surface area contributed by atoms with Crippen LogP contribution in [0.15, 0.2) is 47.4 Å². The molecule has 1 aliphatic rings. The van der Waals surface area contributed by atoms with Crippen molar-refractivity contribution in [1.82, 2.24) is 24.6 Å². The Hall–Kier alpha value is -3.00. The van der Waals surface area contributed by atoms with Crippen LogP contribution < -0.4 is 0 Å². The average molecular weight is 395 g/mol. The average Bonchev–Trinajstić information content (AvgIpc) is 3.42. The Kier molecular flexibility index (Phi) is 5.44. The van der Waals surface area contributed by atoms with Crippen molar-refractivity contribution in [2.45, 2.75) is 24.7 Å². The van der Waals surface area contributed by atoms with E-state index in [1.165, 1.54) is 0 Å². The zero-order valence-electron chi connectivity index (χ0n) is 16.7. The highest BCUT2D eigenvalue weighted by molar-refractivity contribution is 5.92. The van der Waals surface area contributed by atoms with Crippen molar-refractivity contribution in [2.24, 2.45) is 7.05 Å². The molecule has 3 aromatic heterocycles. The second-order valence-electron chi connectivity index (χ2n) is 7.48. The van der Waals surface area contributed by atoms with Gasteiger partial charge in [-0.1, -0.05) is 5.16 Å². The van der Waals surface area contributed by atoms with Gasteiger partial charge in [0.25, 0.3) is 11.8 Å². The van der Waals surface area contributed by atoms with Gasteiger partial charge in [0.2, 0.25) is 0 Å². The third-order valence-electron chi connectivity index (χ3n) is 5.78. The third kappa shape index (κ3) is 3.80. The Morgan fingerprint density at radius 2 is 2.00 bits per heavy atom. The van der Waals surface area contributed by atoms with E-state index in [1.54, 1.807) is 19.5 Å². The fraction of sp³-hybridized carbons (Fsp3) is 0.429. The Balaban J connectivity index is 1.54. The molecule has 0 N–H and O–H groups in total. The van der Waals surface area contributed by atoms with Crippen LogP contribution in [0.2, 0.25) is 0 Å². The highest BCUT2D eigenvalue weighted by atomic mass is 16.5. The number of aryl methyl sites for hydroxylation is 1. The van der Waals surface area contributed by atoms with Gasteiger partial charge in [0.15, 0.2) is 5.82 Å². The molecule has 3 aromatic rings. The first-order valence-corrected chi connectivity index (χ1v) is 9.77. The zero-order chi connectivity index (χ0) is 20.3. The van der Waals surface area contributed by atoms with Crippen molar-refractivity contribution in [3.63, 3.8) is 0 Å². The van der Waals surface area contributed by atoms with Crippen molar-refractivity contribution in [2.75, 3.05) is 26.8 Å². The van der Waals surface area contributed by atoms with Crippen molar-refractivity contribution in [1.29, 1.82) is 0 Å². The molecule has 0 unspecified atom stereocenters. The fourth-order valence-electron chi connectivity index (χ4n) is 3.92. The van der Waals surface area contributed by atoms with Crippen molar-refractivity contribution >= 4 is 5.91 Å². The third-order valence-corrected chi connectivity index (χ3v) is 5.78. The lowest BCUT2D eigenvalue weighted by atomic mass is 9.75. The Bertz CT molecular complexity index is 958. The highest BCUT2D eigenvalue weighted by Crippen LogP contribution is 2.38. The van der Waals surface area contributed by atoms with Gasteiger partial charge >= 0.3 is 0 Å². The summed E-state index contributed by atoms with van der Waals surface area (Å²) < 4.78 is 12.8. The molecule has 1 amide bonds. The van der Waals surface area contributed by atoms with Crippen molar-refractivity contribution in [3.05, 3.63) is 54.4 Å². The molecule has 0 atom stereocenters. The number of piperidine rings is 1. The van der Waals surface area contributed by atoms with Gasteiger partial charge in [-0.15, -0.1) is 0 Å². The molecular formula is C21H25N5O3. The predicted molar refractivity (Wildman–Crippen MR) is 106 cm³/mol. The molecule has 29 heavy (non-hydrogen) atoms. The smallest absolute Gasteiger partial charge is 0.270 e. The summed E-state index contributed by atoms with van der Waals surface area (Å²) in [6, 6.07) is 7.44. The minimum atomic E-state index is -0.268. The lowest BCUT2D eigenvalue weighted by molar-refractivity contribution is 0.0607. The van der Waals surface area contributed by atoms with Gasteiger partial charge in [-0.3, -0.25) is 9.78 Å². The SMILES string of the molecule is COCCC1(c2noc(-c3ccncc3)n2)CCN(C(=O)c2cccn2C)CC1. The number of nitrogens with zero attached hydrogens (tertiary/aromatic N) is 5. The molecule has 4 heterocycles. The Labute approximate surface area is 169 Å². The number of carbonyl (C=O) groups excluding carboxylic acids is 1. The number of hydrogen-bond acceptors (Lipinski definition) is 6. The van der Waals surface area contributed by atoms with Crippen LogP contribution in [0.25, 0.3) is 11.5 Å². The maximum atomic E-state index is 12.9. The summed E-state index contributed by atoms with van der Waals surface area (Å²) in [5, 5.41) is 4.31. The number of ether oxygens (including phenoxy) is 1. The van der Waals surface area contributed by atoms with Gasteiger partial charge in [-0.25, -0.2) is 0 Å². The van der Waals surface area contributed by atoms with E-state index in [0.29, 0.717) is 37.1 Å². The van der Waals surface area contributed by atoms with Crippen LogP contribution in [-0.4, -0.2) is 57.3 Å². The summed E-state index contributed by atoms with van der Waals surface area (Å²) in [5.74, 6) is 1.23. The van der Waals surface area contributed by atoms with Crippen LogP contribution >= 0.6 is 0 Å². The molecule has 1 aliphatic heterocycles. The monoisotopic (exact) mass is 395 g/mol. The second kappa shape index (κ2) is 8.16. The van der Waals surface area contributed by atoms with Gasteiger partial charge in [-0.2, -0.15) is 4.98 Å². The number of hydrogen-bond donors (Lipinski definition) is 0. The van der Waals surface area contributed by atoms with E-state index < -0.39 is 0 Å². The Morgan fingerprint density at radius 3 is 2.66 bits per heavy atom. The van der Waals surface area contributed by atoms with Gasteiger partial charge in [0, 0.05) is 63.4 Å². The summed E-state index contributed by atoms with van der Waals surface area (Å²) in [5.41, 5.74) is 1.28. The molecule has 4 rings (SSSR count). The largest absolute Gasteiger partial charge is 0.385 e. The number of carbonyl (C=O) groups is 1. The molecule has 0 saturated carbocycles. The highest BCUT2D eigenvalue weighted by Gasteiger charge is 2.41. The molecule has 8 nitrogen and oxygen atoms in total. The first-order valence-electron chi connectivity index (χ1n) is 9.77. The van der Waals surface area contributed by atoms with Crippen LogP contribution in [-0.2, 0) is 17.2 Å². The van der Waals surface area contributed by atoms with Crippen LogP contribution in [0.4, 0.5) is 0 Å². The molecule has 1 fully saturated rings. The summed E-state index contributed by atoms with van der Waals surface area (Å²) in [7, 11) is 3.58. The number of rotatable bonds is 6. The molecule has 0 aliphatic carbocycles. The first kappa shape index (κ1) is 19.3. The van der Waals surface area contributed by atoms with Crippen LogP contribution in [0.1, 0.15) is 35.6 Å². The minimum Gasteiger partial charge on any atom is -0.385 e. The van der Waals surface area contributed by atoms with Gasteiger partial charge < -0.3 is 18.7 Å². The molecule has 1 saturated heterocycles. The number of methoxy groups -OCH3 is 1. The normalized spacial score (nSPS) is 16.1. The van der Waals surface area contributed by atoms with Crippen LogP contribution in [0, 0.1) is 0 Å². The van der Waals surface area contributed by atoms with Crippen molar-refractivity contribution < 1.29 is 14.1 Å². The number of amides is 1. The molecule has 0 bridgehead atoms.